The number of benzene rings is 1. The Kier molecular flexibility index (Phi) is 3.28. The SMILES string of the molecule is CN(c1ccc(F)cc1)c1cc([N+](=O)[O-])cc(N)n1. The van der Waals surface area contributed by atoms with Gasteiger partial charge in [-0.2, -0.15) is 0 Å². The molecule has 0 bridgehead atoms. The summed E-state index contributed by atoms with van der Waals surface area (Å²) in [6.45, 7) is 0. The first-order valence-electron chi connectivity index (χ1n) is 5.38. The lowest BCUT2D eigenvalue weighted by atomic mass is 10.2. The highest BCUT2D eigenvalue weighted by Gasteiger charge is 2.13. The van der Waals surface area contributed by atoms with Gasteiger partial charge in [-0.05, 0) is 24.3 Å². The van der Waals surface area contributed by atoms with Crippen LogP contribution in [0.5, 0.6) is 0 Å². The number of anilines is 3. The van der Waals surface area contributed by atoms with E-state index in [9.17, 15) is 14.5 Å². The van der Waals surface area contributed by atoms with Crippen LogP contribution in [0.1, 0.15) is 0 Å². The van der Waals surface area contributed by atoms with Crippen LogP contribution < -0.4 is 10.6 Å². The molecule has 98 valence electrons. The van der Waals surface area contributed by atoms with Crippen LogP contribution in [-0.4, -0.2) is 17.0 Å². The highest BCUT2D eigenvalue weighted by Crippen LogP contribution is 2.26. The van der Waals surface area contributed by atoms with Gasteiger partial charge in [0.05, 0.1) is 17.1 Å². The van der Waals surface area contributed by atoms with Gasteiger partial charge in [-0.25, -0.2) is 9.37 Å². The van der Waals surface area contributed by atoms with Crippen molar-refractivity contribution in [3.05, 3.63) is 52.3 Å². The Morgan fingerprint density at radius 2 is 1.95 bits per heavy atom. The zero-order valence-electron chi connectivity index (χ0n) is 10.1. The smallest absolute Gasteiger partial charge is 0.276 e. The van der Waals surface area contributed by atoms with Crippen molar-refractivity contribution in [1.82, 2.24) is 4.98 Å². The molecule has 0 radical (unpaired) electrons. The molecule has 0 unspecified atom stereocenters. The summed E-state index contributed by atoms with van der Waals surface area (Å²) in [4.78, 5) is 15.8. The van der Waals surface area contributed by atoms with Crippen molar-refractivity contribution in [2.75, 3.05) is 17.7 Å². The van der Waals surface area contributed by atoms with E-state index < -0.39 is 4.92 Å². The number of aromatic nitrogens is 1. The highest BCUT2D eigenvalue weighted by molar-refractivity contribution is 5.63. The third-order valence-corrected chi connectivity index (χ3v) is 2.58. The molecule has 7 heteroatoms. The van der Waals surface area contributed by atoms with E-state index in [1.165, 1.54) is 24.3 Å². The summed E-state index contributed by atoms with van der Waals surface area (Å²) in [6.07, 6.45) is 0. The summed E-state index contributed by atoms with van der Waals surface area (Å²) in [6, 6.07) is 8.18. The molecule has 2 aromatic rings. The number of nitrogens with two attached hydrogens (primary N) is 1. The van der Waals surface area contributed by atoms with Crippen molar-refractivity contribution in [2.24, 2.45) is 0 Å². The summed E-state index contributed by atoms with van der Waals surface area (Å²) in [5.74, 6) is 0.0140. The molecule has 0 spiro atoms. The molecule has 6 nitrogen and oxygen atoms in total. The Balaban J connectivity index is 2.40. The zero-order chi connectivity index (χ0) is 14.0. The van der Waals surface area contributed by atoms with Crippen molar-refractivity contribution in [3.63, 3.8) is 0 Å². The lowest BCUT2D eigenvalue weighted by Gasteiger charge is -2.18. The van der Waals surface area contributed by atoms with Gasteiger partial charge in [0, 0.05) is 12.7 Å². The second-order valence-corrected chi connectivity index (χ2v) is 3.90. The lowest BCUT2D eigenvalue weighted by Crippen LogP contribution is -2.12. The molecule has 0 aliphatic carbocycles. The van der Waals surface area contributed by atoms with Crippen molar-refractivity contribution >= 4 is 23.0 Å². The fraction of sp³-hybridized carbons (Fsp3) is 0.0833. The Morgan fingerprint density at radius 1 is 1.32 bits per heavy atom. The molecule has 0 fully saturated rings. The number of nitro groups is 1. The van der Waals surface area contributed by atoms with E-state index in [-0.39, 0.29) is 17.3 Å². The summed E-state index contributed by atoms with van der Waals surface area (Å²) < 4.78 is 12.8. The van der Waals surface area contributed by atoms with E-state index in [1.807, 2.05) is 0 Å². The molecular weight excluding hydrogens is 251 g/mol. The zero-order valence-corrected chi connectivity index (χ0v) is 10.1. The molecule has 1 aromatic heterocycles. The van der Waals surface area contributed by atoms with Crippen LogP contribution in [0.25, 0.3) is 0 Å². The molecular formula is C12H11FN4O2. The van der Waals surface area contributed by atoms with Crippen molar-refractivity contribution < 1.29 is 9.31 Å². The molecule has 0 amide bonds. The minimum absolute atomic E-state index is 0.0539. The molecule has 0 saturated carbocycles. The lowest BCUT2D eigenvalue weighted by molar-refractivity contribution is -0.384. The van der Waals surface area contributed by atoms with Gasteiger partial charge in [-0.3, -0.25) is 10.1 Å². The molecule has 2 N–H and O–H groups in total. The van der Waals surface area contributed by atoms with Gasteiger partial charge in [-0.15, -0.1) is 0 Å². The molecule has 0 saturated heterocycles. The van der Waals surface area contributed by atoms with E-state index in [4.69, 9.17) is 5.73 Å². The minimum Gasteiger partial charge on any atom is -0.383 e. The predicted molar refractivity (Wildman–Crippen MR) is 69.8 cm³/mol. The number of hydrogen-bond acceptors (Lipinski definition) is 5. The van der Waals surface area contributed by atoms with E-state index in [0.717, 1.165) is 0 Å². The van der Waals surface area contributed by atoms with Gasteiger partial charge >= 0.3 is 0 Å². The van der Waals surface area contributed by atoms with Gasteiger partial charge in [-0.1, -0.05) is 0 Å². The molecule has 1 heterocycles. The van der Waals surface area contributed by atoms with Gasteiger partial charge < -0.3 is 10.6 Å². The summed E-state index contributed by atoms with van der Waals surface area (Å²) in [7, 11) is 1.67. The Morgan fingerprint density at radius 3 is 2.53 bits per heavy atom. The van der Waals surface area contributed by atoms with Crippen molar-refractivity contribution in [1.29, 1.82) is 0 Å². The standard InChI is InChI=1S/C12H11FN4O2/c1-16(9-4-2-8(13)3-5-9)12-7-10(17(18)19)6-11(14)15-12/h2-7H,1H3,(H2,14,15). The van der Waals surface area contributed by atoms with Crippen LogP contribution in [-0.2, 0) is 0 Å². The van der Waals surface area contributed by atoms with Crippen LogP contribution >= 0.6 is 0 Å². The van der Waals surface area contributed by atoms with Crippen molar-refractivity contribution in [3.8, 4) is 0 Å². The van der Waals surface area contributed by atoms with Gasteiger partial charge in [0.25, 0.3) is 5.69 Å². The predicted octanol–water partition coefficient (Wildman–Crippen LogP) is 2.48. The number of halogens is 1. The largest absolute Gasteiger partial charge is 0.383 e. The normalized spacial score (nSPS) is 10.2. The van der Waals surface area contributed by atoms with Gasteiger partial charge in [0.15, 0.2) is 0 Å². The molecule has 1 aromatic carbocycles. The maximum absolute atomic E-state index is 12.8. The Labute approximate surface area is 108 Å². The third kappa shape index (κ3) is 2.76. The van der Waals surface area contributed by atoms with Gasteiger partial charge in [0.2, 0.25) is 0 Å². The maximum Gasteiger partial charge on any atom is 0.276 e. The number of rotatable bonds is 3. The highest BCUT2D eigenvalue weighted by atomic mass is 19.1. The van der Waals surface area contributed by atoms with Crippen LogP contribution in [0.4, 0.5) is 27.4 Å². The fourth-order valence-electron chi connectivity index (χ4n) is 1.60. The number of nitrogens with zero attached hydrogens (tertiary/aromatic N) is 3. The van der Waals surface area contributed by atoms with E-state index >= 15 is 0 Å². The van der Waals surface area contributed by atoms with Crippen LogP contribution in [0, 0.1) is 15.9 Å². The van der Waals surface area contributed by atoms with Crippen LogP contribution in [0.3, 0.4) is 0 Å². The van der Waals surface area contributed by atoms with Gasteiger partial charge in [0.1, 0.15) is 17.5 Å². The Bertz CT molecular complexity index is 616. The second-order valence-electron chi connectivity index (χ2n) is 3.90. The molecule has 2 rings (SSSR count). The van der Waals surface area contributed by atoms with E-state index in [0.29, 0.717) is 11.5 Å². The fourth-order valence-corrected chi connectivity index (χ4v) is 1.60. The Hall–Kier alpha value is -2.70. The van der Waals surface area contributed by atoms with Crippen LogP contribution in [0.15, 0.2) is 36.4 Å². The summed E-state index contributed by atoms with van der Waals surface area (Å²) in [5, 5.41) is 10.8. The molecule has 0 aliphatic heterocycles. The van der Waals surface area contributed by atoms with E-state index in [2.05, 4.69) is 4.98 Å². The maximum atomic E-state index is 12.8. The quantitative estimate of drug-likeness (QED) is 0.678. The van der Waals surface area contributed by atoms with Crippen molar-refractivity contribution in [2.45, 2.75) is 0 Å². The third-order valence-electron chi connectivity index (χ3n) is 2.58. The average Bonchev–Trinajstić information content (AvgIpc) is 2.38. The first-order valence-corrected chi connectivity index (χ1v) is 5.38. The minimum atomic E-state index is -0.542. The second kappa shape index (κ2) is 4.89. The average molecular weight is 262 g/mol. The first kappa shape index (κ1) is 12.7. The number of nitrogen functional groups attached to an aromatic ring is 1. The topological polar surface area (TPSA) is 85.3 Å². The summed E-state index contributed by atoms with van der Waals surface area (Å²) in [5.41, 5.74) is 6.04. The molecule has 0 aliphatic rings. The van der Waals surface area contributed by atoms with E-state index in [1.54, 1.807) is 24.1 Å². The number of pyridine rings is 1. The molecule has 19 heavy (non-hydrogen) atoms. The summed E-state index contributed by atoms with van der Waals surface area (Å²) >= 11 is 0. The van der Waals surface area contributed by atoms with Crippen LogP contribution in [0.2, 0.25) is 0 Å². The molecule has 0 atom stereocenters. The first-order chi connectivity index (χ1) is 8.97. The number of hydrogen-bond donors (Lipinski definition) is 1. The monoisotopic (exact) mass is 262 g/mol.